The zero-order valence-electron chi connectivity index (χ0n) is 14.9. The second kappa shape index (κ2) is 9.41. The lowest BCUT2D eigenvalue weighted by Crippen LogP contribution is -2.44. The van der Waals surface area contributed by atoms with E-state index in [4.69, 9.17) is 5.11 Å². The number of rotatable bonds is 9. The predicted octanol–water partition coefficient (Wildman–Crippen LogP) is -0.112. The molecule has 6 N–H and O–H groups in total. The minimum atomic E-state index is -1.32. The van der Waals surface area contributed by atoms with Crippen LogP contribution in [-0.4, -0.2) is 56.3 Å². The normalized spacial score (nSPS) is 12.7. The number of carbonyl (C=O) groups is 4. The first-order chi connectivity index (χ1) is 12.5. The van der Waals surface area contributed by atoms with Crippen LogP contribution in [0.2, 0.25) is 0 Å². The molecule has 0 spiro atoms. The number of phenols is 2. The van der Waals surface area contributed by atoms with Crippen molar-refractivity contribution in [1.82, 2.24) is 10.6 Å². The molecule has 0 saturated carbocycles. The van der Waals surface area contributed by atoms with Gasteiger partial charge in [-0.05, 0) is 30.5 Å². The highest BCUT2D eigenvalue weighted by molar-refractivity contribution is 5.85. The molecule has 148 valence electrons. The average molecular weight is 382 g/mol. The lowest BCUT2D eigenvalue weighted by atomic mass is 9.99. The highest BCUT2D eigenvalue weighted by Gasteiger charge is 2.24. The number of carbonyl (C=O) groups excluding carboxylic acids is 2. The van der Waals surface area contributed by atoms with Gasteiger partial charge in [-0.25, -0.2) is 9.59 Å². The number of carboxylic acid groups (broad SMARTS) is 2. The molecule has 0 heterocycles. The molecular weight excluding hydrogens is 360 g/mol. The van der Waals surface area contributed by atoms with Gasteiger partial charge in [0, 0.05) is 19.8 Å². The van der Waals surface area contributed by atoms with E-state index in [1.807, 2.05) is 0 Å². The Morgan fingerprint density at radius 2 is 1.59 bits per heavy atom. The Hall–Kier alpha value is -3.30. The second-order valence-electron chi connectivity index (χ2n) is 6.01. The molecule has 10 heteroatoms. The molecule has 0 fully saturated rings. The van der Waals surface area contributed by atoms with E-state index in [2.05, 4.69) is 10.6 Å². The number of nitrogens with one attached hydrogen (secondary N) is 2. The van der Waals surface area contributed by atoms with E-state index in [1.165, 1.54) is 19.1 Å². The summed E-state index contributed by atoms with van der Waals surface area (Å²) in [7, 11) is 0. The van der Waals surface area contributed by atoms with Crippen LogP contribution in [0.15, 0.2) is 12.1 Å². The summed E-state index contributed by atoms with van der Waals surface area (Å²) >= 11 is 0. The van der Waals surface area contributed by atoms with Crippen LogP contribution in [0.25, 0.3) is 0 Å². The Kier molecular flexibility index (Phi) is 7.58. The van der Waals surface area contributed by atoms with Crippen LogP contribution in [0.4, 0.5) is 0 Å². The smallest absolute Gasteiger partial charge is 0.326 e. The number of hydrogen-bond donors (Lipinski definition) is 6. The molecule has 0 bridgehead atoms. The van der Waals surface area contributed by atoms with E-state index < -0.39 is 35.8 Å². The van der Waals surface area contributed by atoms with Crippen LogP contribution < -0.4 is 10.6 Å². The van der Waals surface area contributed by atoms with Crippen LogP contribution in [0.1, 0.15) is 30.9 Å². The van der Waals surface area contributed by atoms with E-state index in [9.17, 15) is 34.5 Å². The lowest BCUT2D eigenvalue weighted by Gasteiger charge is -2.18. The largest absolute Gasteiger partial charge is 0.504 e. The summed E-state index contributed by atoms with van der Waals surface area (Å²) in [5.74, 6) is -4.59. The molecule has 2 amide bonds. The van der Waals surface area contributed by atoms with Gasteiger partial charge in [-0.15, -0.1) is 0 Å². The zero-order valence-corrected chi connectivity index (χ0v) is 14.9. The van der Waals surface area contributed by atoms with E-state index in [1.54, 1.807) is 0 Å². The van der Waals surface area contributed by atoms with Crippen molar-refractivity contribution in [3.05, 3.63) is 23.3 Å². The van der Waals surface area contributed by atoms with Gasteiger partial charge in [0.2, 0.25) is 11.8 Å². The highest BCUT2D eigenvalue weighted by atomic mass is 16.4. The van der Waals surface area contributed by atoms with Crippen molar-refractivity contribution < 1.29 is 39.6 Å². The minimum Gasteiger partial charge on any atom is -0.504 e. The molecule has 0 radical (unpaired) electrons. The molecular formula is C17H22N2O8. The van der Waals surface area contributed by atoms with Crippen molar-refractivity contribution >= 4 is 23.8 Å². The quantitative estimate of drug-likeness (QED) is 0.321. The number of aromatic hydroxyl groups is 2. The van der Waals surface area contributed by atoms with Crippen LogP contribution >= 0.6 is 0 Å². The van der Waals surface area contributed by atoms with Crippen LogP contribution in [-0.2, 0) is 25.6 Å². The summed E-state index contributed by atoms with van der Waals surface area (Å²) in [5.41, 5.74) is 0.701. The summed E-state index contributed by atoms with van der Waals surface area (Å²) in [6.07, 6.45) is -0.651. The summed E-state index contributed by atoms with van der Waals surface area (Å²) in [6.45, 7) is 2.64. The number of hydrogen-bond acceptors (Lipinski definition) is 6. The van der Waals surface area contributed by atoms with E-state index in [-0.39, 0.29) is 36.3 Å². The van der Waals surface area contributed by atoms with Gasteiger partial charge < -0.3 is 31.1 Å². The van der Waals surface area contributed by atoms with Gasteiger partial charge >= 0.3 is 11.9 Å². The summed E-state index contributed by atoms with van der Waals surface area (Å²) in [4.78, 5) is 45.4. The standard InChI is InChI=1S/C17H22N2O8/c1-8-10(3-5-13(21)15(8)23)7-12(17(26)27)19-14(22)6-4-11(16(24)25)18-9(2)20/h3,5,11-12,21,23H,4,6-7H2,1-2H3,(H,18,20)(H,19,22)(H,24,25)(H,26,27)/t11?,12-/m0/s1. The van der Waals surface area contributed by atoms with Gasteiger partial charge in [-0.3, -0.25) is 9.59 Å². The highest BCUT2D eigenvalue weighted by Crippen LogP contribution is 2.31. The maximum atomic E-state index is 12.0. The third-order valence-corrected chi connectivity index (χ3v) is 3.91. The Morgan fingerprint density at radius 1 is 1.00 bits per heavy atom. The van der Waals surface area contributed by atoms with Crippen molar-refractivity contribution in [1.29, 1.82) is 0 Å². The lowest BCUT2D eigenvalue weighted by molar-refractivity contribution is -0.143. The van der Waals surface area contributed by atoms with E-state index in [0.29, 0.717) is 5.56 Å². The molecule has 1 aromatic rings. The molecule has 27 heavy (non-hydrogen) atoms. The molecule has 0 saturated heterocycles. The average Bonchev–Trinajstić information content (AvgIpc) is 2.57. The Labute approximate surface area is 154 Å². The van der Waals surface area contributed by atoms with Crippen LogP contribution in [0, 0.1) is 6.92 Å². The van der Waals surface area contributed by atoms with Crippen molar-refractivity contribution in [2.75, 3.05) is 0 Å². The van der Waals surface area contributed by atoms with Crippen molar-refractivity contribution in [2.24, 2.45) is 0 Å². The molecule has 1 rings (SSSR count). The van der Waals surface area contributed by atoms with Crippen LogP contribution in [0.5, 0.6) is 11.5 Å². The number of aliphatic carboxylic acids is 2. The van der Waals surface area contributed by atoms with E-state index >= 15 is 0 Å². The van der Waals surface area contributed by atoms with Crippen LogP contribution in [0.3, 0.4) is 0 Å². The third-order valence-electron chi connectivity index (χ3n) is 3.91. The third kappa shape index (κ3) is 6.49. The molecule has 0 aromatic heterocycles. The summed E-state index contributed by atoms with van der Waals surface area (Å²) in [5, 5.41) is 41.9. The molecule has 0 aliphatic heterocycles. The van der Waals surface area contributed by atoms with Gasteiger partial charge in [-0.2, -0.15) is 0 Å². The fraction of sp³-hybridized carbons (Fsp3) is 0.412. The monoisotopic (exact) mass is 382 g/mol. The predicted molar refractivity (Wildman–Crippen MR) is 92.3 cm³/mol. The maximum Gasteiger partial charge on any atom is 0.326 e. The second-order valence-corrected chi connectivity index (χ2v) is 6.01. The number of amides is 2. The molecule has 1 unspecified atom stereocenters. The fourth-order valence-electron chi connectivity index (χ4n) is 2.41. The first-order valence-electron chi connectivity index (χ1n) is 8.05. The Morgan fingerprint density at radius 3 is 2.11 bits per heavy atom. The van der Waals surface area contributed by atoms with Gasteiger partial charge in [-0.1, -0.05) is 6.07 Å². The fourth-order valence-corrected chi connectivity index (χ4v) is 2.41. The summed E-state index contributed by atoms with van der Waals surface area (Å²) in [6, 6.07) is 0.0736. The number of phenolic OH excluding ortho intramolecular Hbond substituents is 2. The zero-order chi connectivity index (χ0) is 20.7. The molecule has 0 aliphatic rings. The van der Waals surface area contributed by atoms with Gasteiger partial charge in [0.1, 0.15) is 12.1 Å². The molecule has 2 atom stereocenters. The molecule has 1 aromatic carbocycles. The van der Waals surface area contributed by atoms with Gasteiger partial charge in [0.15, 0.2) is 11.5 Å². The van der Waals surface area contributed by atoms with Gasteiger partial charge in [0.25, 0.3) is 0 Å². The summed E-state index contributed by atoms with van der Waals surface area (Å²) < 4.78 is 0. The van der Waals surface area contributed by atoms with Gasteiger partial charge in [0.05, 0.1) is 0 Å². The van der Waals surface area contributed by atoms with Crippen molar-refractivity contribution in [2.45, 2.75) is 45.2 Å². The maximum absolute atomic E-state index is 12.0. The molecule has 0 aliphatic carbocycles. The SMILES string of the molecule is CC(=O)NC(CCC(=O)N[C@@H](Cc1ccc(O)c(O)c1C)C(=O)O)C(=O)O. The first-order valence-corrected chi connectivity index (χ1v) is 8.05. The Balaban J connectivity index is 2.76. The van der Waals surface area contributed by atoms with E-state index in [0.717, 1.165) is 6.92 Å². The Bertz CT molecular complexity index is 747. The van der Waals surface area contributed by atoms with Crippen molar-refractivity contribution in [3.8, 4) is 11.5 Å². The number of carboxylic acids is 2. The number of benzene rings is 1. The molecule has 10 nitrogen and oxygen atoms in total. The topological polar surface area (TPSA) is 173 Å². The first kappa shape index (κ1) is 21.7. The minimum absolute atomic E-state index is 0.144. The van der Waals surface area contributed by atoms with Crippen molar-refractivity contribution in [3.63, 3.8) is 0 Å².